The Balaban J connectivity index is 2.44. The van der Waals surface area contributed by atoms with Crippen LogP contribution >= 0.6 is 0 Å². The second-order valence-electron chi connectivity index (χ2n) is 3.90. The Morgan fingerprint density at radius 2 is 1.60 bits per heavy atom. The summed E-state index contributed by atoms with van der Waals surface area (Å²) in [4.78, 5) is 0. The van der Waals surface area contributed by atoms with Gasteiger partial charge in [0.1, 0.15) is 0 Å². The van der Waals surface area contributed by atoms with Gasteiger partial charge in [0, 0.05) is 5.92 Å². The van der Waals surface area contributed by atoms with Crippen molar-refractivity contribution in [1.82, 2.24) is 0 Å². The summed E-state index contributed by atoms with van der Waals surface area (Å²) in [6.07, 6.45) is -3.73. The lowest BCUT2D eigenvalue weighted by Crippen LogP contribution is -2.44. The van der Waals surface area contributed by atoms with Gasteiger partial charge in [0.05, 0.1) is 0 Å². The molecule has 4 heteroatoms. The zero-order valence-corrected chi connectivity index (χ0v) is 7.96. The van der Waals surface area contributed by atoms with Crippen LogP contribution in [0.5, 0.6) is 0 Å². The van der Waals surface area contributed by atoms with E-state index in [1.807, 2.05) is 0 Å². The second-order valence-corrected chi connectivity index (χ2v) is 3.90. The van der Waals surface area contributed by atoms with Crippen molar-refractivity contribution in [2.24, 2.45) is 5.92 Å². The van der Waals surface area contributed by atoms with E-state index >= 15 is 0 Å². The standard InChI is InChI=1S/C11H11F3O/c12-11(13,14)10(15,9-6-7-9)8-4-2-1-3-5-8/h1-5,9,15H,6-7H2. The van der Waals surface area contributed by atoms with Crippen LogP contribution in [0.3, 0.4) is 0 Å². The van der Waals surface area contributed by atoms with Gasteiger partial charge in [-0.05, 0) is 18.4 Å². The molecule has 1 nitrogen and oxygen atoms in total. The van der Waals surface area contributed by atoms with Gasteiger partial charge < -0.3 is 5.11 Å². The number of halogens is 3. The molecule has 0 spiro atoms. The van der Waals surface area contributed by atoms with Gasteiger partial charge in [-0.1, -0.05) is 30.3 Å². The molecule has 1 saturated carbocycles. The van der Waals surface area contributed by atoms with Crippen LogP contribution in [-0.4, -0.2) is 11.3 Å². The summed E-state index contributed by atoms with van der Waals surface area (Å²) in [6.45, 7) is 0. The van der Waals surface area contributed by atoms with E-state index in [0.717, 1.165) is 0 Å². The highest BCUT2D eigenvalue weighted by Gasteiger charge is 2.62. The van der Waals surface area contributed by atoms with Crippen LogP contribution in [0.15, 0.2) is 30.3 Å². The molecular weight excluding hydrogens is 205 g/mol. The first kappa shape index (κ1) is 10.5. The number of alkyl halides is 3. The highest BCUT2D eigenvalue weighted by Crippen LogP contribution is 2.53. The van der Waals surface area contributed by atoms with Gasteiger partial charge in [0.15, 0.2) is 5.60 Å². The first-order valence-electron chi connectivity index (χ1n) is 4.81. The highest BCUT2D eigenvalue weighted by molar-refractivity contribution is 5.26. The summed E-state index contributed by atoms with van der Waals surface area (Å²) in [5, 5.41) is 9.83. The lowest BCUT2D eigenvalue weighted by molar-refractivity contribution is -0.275. The number of hydrogen-bond donors (Lipinski definition) is 1. The molecule has 1 fully saturated rings. The third kappa shape index (κ3) is 1.63. The predicted molar refractivity (Wildman–Crippen MR) is 49.1 cm³/mol. The first-order chi connectivity index (χ1) is 6.96. The minimum atomic E-state index is -4.60. The van der Waals surface area contributed by atoms with Gasteiger partial charge in [-0.2, -0.15) is 13.2 Å². The average molecular weight is 216 g/mol. The molecule has 0 aliphatic heterocycles. The van der Waals surface area contributed by atoms with E-state index in [4.69, 9.17) is 0 Å². The van der Waals surface area contributed by atoms with E-state index < -0.39 is 17.7 Å². The monoisotopic (exact) mass is 216 g/mol. The summed E-state index contributed by atoms with van der Waals surface area (Å²) in [7, 11) is 0. The molecule has 0 aromatic heterocycles. The van der Waals surface area contributed by atoms with Crippen LogP contribution in [0, 0.1) is 5.92 Å². The van der Waals surface area contributed by atoms with Crippen molar-refractivity contribution in [3.8, 4) is 0 Å². The molecule has 0 heterocycles. The van der Waals surface area contributed by atoms with Crippen molar-refractivity contribution in [3.05, 3.63) is 35.9 Å². The molecule has 0 bridgehead atoms. The molecule has 1 N–H and O–H groups in total. The maximum atomic E-state index is 12.8. The number of aliphatic hydroxyl groups is 1. The maximum absolute atomic E-state index is 12.8. The van der Waals surface area contributed by atoms with Gasteiger partial charge in [0.2, 0.25) is 0 Å². The van der Waals surface area contributed by atoms with Gasteiger partial charge in [-0.3, -0.25) is 0 Å². The lowest BCUT2D eigenvalue weighted by atomic mass is 9.88. The summed E-state index contributed by atoms with van der Waals surface area (Å²) in [5.41, 5.74) is -2.71. The minimum absolute atomic E-state index is 0.0556. The van der Waals surface area contributed by atoms with E-state index in [1.54, 1.807) is 6.07 Å². The van der Waals surface area contributed by atoms with Crippen molar-refractivity contribution in [2.45, 2.75) is 24.6 Å². The maximum Gasteiger partial charge on any atom is 0.421 e. The van der Waals surface area contributed by atoms with Crippen LogP contribution in [0.25, 0.3) is 0 Å². The van der Waals surface area contributed by atoms with Crippen molar-refractivity contribution >= 4 is 0 Å². The Kier molecular flexibility index (Phi) is 2.26. The number of hydrogen-bond acceptors (Lipinski definition) is 1. The Hall–Kier alpha value is -1.03. The third-order valence-corrected chi connectivity index (χ3v) is 2.81. The van der Waals surface area contributed by atoms with Crippen LogP contribution < -0.4 is 0 Å². The predicted octanol–water partition coefficient (Wildman–Crippen LogP) is 2.85. The molecule has 0 radical (unpaired) electrons. The first-order valence-corrected chi connectivity index (χ1v) is 4.81. The van der Waals surface area contributed by atoms with E-state index in [2.05, 4.69) is 0 Å². The zero-order chi connectivity index (χ0) is 11.1. The highest BCUT2D eigenvalue weighted by atomic mass is 19.4. The van der Waals surface area contributed by atoms with Crippen molar-refractivity contribution < 1.29 is 18.3 Å². The molecule has 1 aromatic carbocycles. The summed E-state index contributed by atoms with van der Waals surface area (Å²) < 4.78 is 38.5. The van der Waals surface area contributed by atoms with Crippen LogP contribution in [0.2, 0.25) is 0 Å². The van der Waals surface area contributed by atoms with Gasteiger partial charge in [-0.15, -0.1) is 0 Å². The Morgan fingerprint density at radius 3 is 2.00 bits per heavy atom. The smallest absolute Gasteiger partial charge is 0.376 e. The fraction of sp³-hybridized carbons (Fsp3) is 0.455. The second kappa shape index (κ2) is 3.23. The van der Waals surface area contributed by atoms with Crippen LogP contribution in [-0.2, 0) is 5.60 Å². The molecule has 1 aromatic rings. The zero-order valence-electron chi connectivity index (χ0n) is 7.96. The molecule has 0 saturated heterocycles. The Morgan fingerprint density at radius 1 is 1.07 bits per heavy atom. The summed E-state index contributed by atoms with van der Waals surface area (Å²) in [5.74, 6) is -0.681. The number of benzene rings is 1. The van der Waals surface area contributed by atoms with Crippen LogP contribution in [0.1, 0.15) is 18.4 Å². The van der Waals surface area contributed by atoms with Crippen molar-refractivity contribution in [2.75, 3.05) is 0 Å². The quantitative estimate of drug-likeness (QED) is 0.805. The fourth-order valence-electron chi connectivity index (χ4n) is 1.82. The Bertz CT molecular complexity index is 343. The molecule has 1 aliphatic carbocycles. The topological polar surface area (TPSA) is 20.2 Å². The van der Waals surface area contributed by atoms with Gasteiger partial charge in [0.25, 0.3) is 0 Å². The van der Waals surface area contributed by atoms with E-state index in [-0.39, 0.29) is 5.56 Å². The lowest BCUT2D eigenvalue weighted by Gasteiger charge is -2.31. The third-order valence-electron chi connectivity index (χ3n) is 2.81. The van der Waals surface area contributed by atoms with E-state index in [9.17, 15) is 18.3 Å². The molecule has 15 heavy (non-hydrogen) atoms. The summed E-state index contributed by atoms with van der Waals surface area (Å²) in [6, 6.07) is 7.30. The molecule has 1 unspecified atom stereocenters. The summed E-state index contributed by atoms with van der Waals surface area (Å²) >= 11 is 0. The largest absolute Gasteiger partial charge is 0.421 e. The number of rotatable bonds is 2. The van der Waals surface area contributed by atoms with Gasteiger partial charge in [-0.25, -0.2) is 0 Å². The normalized spacial score (nSPS) is 21.1. The molecular formula is C11H11F3O. The molecule has 82 valence electrons. The fourth-order valence-corrected chi connectivity index (χ4v) is 1.82. The van der Waals surface area contributed by atoms with E-state index in [1.165, 1.54) is 24.3 Å². The average Bonchev–Trinajstić information content (AvgIpc) is 2.99. The molecule has 1 atom stereocenters. The van der Waals surface area contributed by atoms with Crippen molar-refractivity contribution in [1.29, 1.82) is 0 Å². The van der Waals surface area contributed by atoms with Gasteiger partial charge >= 0.3 is 6.18 Å². The van der Waals surface area contributed by atoms with Crippen LogP contribution in [0.4, 0.5) is 13.2 Å². The molecule has 0 amide bonds. The SMILES string of the molecule is OC(c1ccccc1)(C1CC1)C(F)(F)F. The Labute approximate surface area is 85.5 Å². The van der Waals surface area contributed by atoms with Crippen molar-refractivity contribution in [3.63, 3.8) is 0 Å². The molecule has 1 aliphatic rings. The van der Waals surface area contributed by atoms with E-state index in [0.29, 0.717) is 12.8 Å². The molecule has 2 rings (SSSR count). The minimum Gasteiger partial charge on any atom is -0.376 e.